The molecular formula is C32H41N3O4S. The Hall–Kier alpha value is -2.84. The average molecular weight is 564 g/mol. The summed E-state index contributed by atoms with van der Waals surface area (Å²) in [5.41, 5.74) is 3.81. The summed E-state index contributed by atoms with van der Waals surface area (Å²) in [7, 11) is 0. The lowest BCUT2D eigenvalue weighted by atomic mass is 9.66. The highest BCUT2D eigenvalue weighted by molar-refractivity contribution is 8.02. The number of anilines is 1. The summed E-state index contributed by atoms with van der Waals surface area (Å²) in [6, 6.07) is 15.1. The maximum atomic E-state index is 14.2. The Balaban J connectivity index is 1.43. The Morgan fingerprint density at radius 3 is 2.52 bits per heavy atom. The number of carbonyl (C=O) groups excluding carboxylic acids is 3. The minimum absolute atomic E-state index is 0.0703. The van der Waals surface area contributed by atoms with E-state index in [1.54, 1.807) is 16.7 Å². The van der Waals surface area contributed by atoms with E-state index in [1.807, 2.05) is 62.4 Å². The minimum atomic E-state index is -0.637. The predicted molar refractivity (Wildman–Crippen MR) is 159 cm³/mol. The fraction of sp³-hybridized carbons (Fsp3) is 0.531. The van der Waals surface area contributed by atoms with Gasteiger partial charge in [-0.3, -0.25) is 14.4 Å². The molecule has 5 rings (SSSR count). The summed E-state index contributed by atoms with van der Waals surface area (Å²) in [4.78, 5) is 43.9. The van der Waals surface area contributed by atoms with E-state index in [9.17, 15) is 14.4 Å². The standard InChI is InChI=1S/C32H41N3O4S/c1-21-13-14-22(2)24(19-21)34-29(38)27-32-16-15-31(3,40-32)25(28(37)33-20-23-11-7-6-8-12-23)26(32)30(39)35(27)17-9-4-5-10-18-36/h6-8,11-14,19,25-27,36H,4-5,9-10,15-18,20H2,1-3H3,(H,33,37)(H,34,38)/t25-,26-,27?,31+,32?/m0/s1. The number of aryl methyl sites for hydroxylation is 2. The van der Waals surface area contributed by atoms with E-state index in [0.29, 0.717) is 13.1 Å². The number of amides is 3. The van der Waals surface area contributed by atoms with Crippen molar-refractivity contribution >= 4 is 35.2 Å². The van der Waals surface area contributed by atoms with Gasteiger partial charge in [0, 0.05) is 30.1 Å². The lowest BCUT2D eigenvalue weighted by molar-refractivity contribution is -0.140. The highest BCUT2D eigenvalue weighted by Gasteiger charge is 2.77. The van der Waals surface area contributed by atoms with Gasteiger partial charge in [-0.05, 0) is 69.2 Å². The number of benzene rings is 2. The van der Waals surface area contributed by atoms with Gasteiger partial charge in [-0.2, -0.15) is 0 Å². The lowest BCUT2D eigenvalue weighted by Crippen LogP contribution is -2.52. The van der Waals surface area contributed by atoms with Crippen molar-refractivity contribution in [3.8, 4) is 0 Å². The molecule has 3 saturated heterocycles. The fourth-order valence-corrected chi connectivity index (χ4v) is 9.44. The van der Waals surface area contributed by atoms with Crippen LogP contribution in [0, 0.1) is 25.7 Å². The van der Waals surface area contributed by atoms with Crippen LogP contribution >= 0.6 is 11.8 Å². The molecule has 0 saturated carbocycles. The van der Waals surface area contributed by atoms with Gasteiger partial charge in [-0.15, -0.1) is 11.8 Å². The second-order valence-electron chi connectivity index (χ2n) is 11.9. The Morgan fingerprint density at radius 1 is 1.02 bits per heavy atom. The van der Waals surface area contributed by atoms with Crippen LogP contribution in [0.3, 0.4) is 0 Å². The van der Waals surface area contributed by atoms with Crippen LogP contribution in [0.1, 0.15) is 62.1 Å². The van der Waals surface area contributed by atoms with Crippen molar-refractivity contribution in [2.45, 2.75) is 81.4 Å². The van der Waals surface area contributed by atoms with Crippen molar-refractivity contribution in [3.05, 3.63) is 65.2 Å². The number of aliphatic hydroxyl groups is 1. The van der Waals surface area contributed by atoms with Crippen LogP contribution in [0.4, 0.5) is 5.69 Å². The number of thioether (sulfide) groups is 1. The van der Waals surface area contributed by atoms with Gasteiger partial charge in [0.25, 0.3) is 0 Å². The van der Waals surface area contributed by atoms with Gasteiger partial charge >= 0.3 is 0 Å². The van der Waals surface area contributed by atoms with E-state index < -0.39 is 27.4 Å². The normalized spacial score (nSPS) is 28.6. The quantitative estimate of drug-likeness (QED) is 0.348. The molecule has 2 bridgehead atoms. The van der Waals surface area contributed by atoms with E-state index in [2.05, 4.69) is 17.6 Å². The molecule has 0 aliphatic carbocycles. The van der Waals surface area contributed by atoms with Crippen LogP contribution < -0.4 is 10.6 Å². The topological polar surface area (TPSA) is 98.7 Å². The first kappa shape index (κ1) is 28.7. The molecule has 3 fully saturated rings. The monoisotopic (exact) mass is 563 g/mol. The highest BCUT2D eigenvalue weighted by atomic mass is 32.2. The molecule has 40 heavy (non-hydrogen) atoms. The maximum absolute atomic E-state index is 14.2. The third-order valence-electron chi connectivity index (χ3n) is 9.08. The zero-order chi connectivity index (χ0) is 28.5. The van der Waals surface area contributed by atoms with Crippen molar-refractivity contribution in [2.24, 2.45) is 11.8 Å². The predicted octanol–water partition coefficient (Wildman–Crippen LogP) is 4.59. The lowest BCUT2D eigenvalue weighted by Gasteiger charge is -2.35. The number of rotatable bonds is 11. The van der Waals surface area contributed by atoms with Crippen molar-refractivity contribution < 1.29 is 19.5 Å². The number of hydrogen-bond acceptors (Lipinski definition) is 5. The Bertz CT molecular complexity index is 1270. The SMILES string of the molecule is Cc1ccc(C)c(NC(=O)C2N(CCCCCCO)C(=O)[C@@H]3[C@@H](C(=O)NCc4ccccc4)[C@@]4(C)CCC23S4)c1. The molecule has 2 aromatic rings. The molecule has 2 unspecified atom stereocenters. The second-order valence-corrected chi connectivity index (χ2v) is 13.8. The molecule has 3 aliphatic heterocycles. The van der Waals surface area contributed by atoms with Gasteiger partial charge in [0.1, 0.15) is 6.04 Å². The third-order valence-corrected chi connectivity index (χ3v) is 11.1. The molecule has 5 atom stereocenters. The molecule has 3 amide bonds. The van der Waals surface area contributed by atoms with Gasteiger partial charge in [-0.1, -0.05) is 55.3 Å². The van der Waals surface area contributed by atoms with Crippen LogP contribution in [-0.2, 0) is 20.9 Å². The summed E-state index contributed by atoms with van der Waals surface area (Å²) < 4.78 is -1.03. The number of nitrogens with one attached hydrogen (secondary N) is 2. The molecule has 3 N–H and O–H groups in total. The highest BCUT2D eigenvalue weighted by Crippen LogP contribution is 2.71. The smallest absolute Gasteiger partial charge is 0.248 e. The van der Waals surface area contributed by atoms with E-state index in [0.717, 1.165) is 60.9 Å². The van der Waals surface area contributed by atoms with Gasteiger partial charge < -0.3 is 20.6 Å². The number of aliphatic hydroxyl groups excluding tert-OH is 1. The fourth-order valence-electron chi connectivity index (χ4n) is 7.08. The number of fused-ring (bicyclic) bond motifs is 1. The van der Waals surface area contributed by atoms with E-state index in [1.165, 1.54) is 0 Å². The summed E-state index contributed by atoms with van der Waals surface area (Å²) in [6.07, 6.45) is 4.77. The van der Waals surface area contributed by atoms with Crippen LogP contribution in [0.25, 0.3) is 0 Å². The van der Waals surface area contributed by atoms with E-state index >= 15 is 0 Å². The second kappa shape index (κ2) is 11.6. The van der Waals surface area contributed by atoms with Crippen molar-refractivity contribution in [1.82, 2.24) is 10.2 Å². The number of carbonyl (C=O) groups is 3. The zero-order valence-electron chi connectivity index (χ0n) is 23.7. The van der Waals surface area contributed by atoms with Gasteiger partial charge in [0.05, 0.1) is 16.6 Å². The molecule has 1 spiro atoms. The Labute approximate surface area is 241 Å². The summed E-state index contributed by atoms with van der Waals surface area (Å²) >= 11 is 1.70. The molecule has 2 aromatic carbocycles. The van der Waals surface area contributed by atoms with Crippen LogP contribution in [0.2, 0.25) is 0 Å². The molecule has 0 radical (unpaired) electrons. The Morgan fingerprint density at radius 2 is 1.77 bits per heavy atom. The third kappa shape index (κ3) is 5.16. The largest absolute Gasteiger partial charge is 0.396 e. The van der Waals surface area contributed by atoms with Crippen LogP contribution in [0.15, 0.2) is 48.5 Å². The summed E-state index contributed by atoms with van der Waals surface area (Å²) in [6.45, 7) is 7.11. The van der Waals surface area contributed by atoms with Crippen molar-refractivity contribution in [1.29, 1.82) is 0 Å². The number of likely N-dealkylation sites (tertiary alicyclic amines) is 1. The molecule has 0 aromatic heterocycles. The number of hydrogen-bond donors (Lipinski definition) is 3. The first-order chi connectivity index (χ1) is 19.2. The molecule has 3 aliphatic rings. The number of nitrogens with zero attached hydrogens (tertiary/aromatic N) is 1. The summed E-state index contributed by atoms with van der Waals surface area (Å²) in [5, 5.41) is 15.4. The molecular weight excluding hydrogens is 522 g/mol. The number of unbranched alkanes of at least 4 members (excludes halogenated alkanes) is 3. The zero-order valence-corrected chi connectivity index (χ0v) is 24.6. The van der Waals surface area contributed by atoms with Crippen molar-refractivity contribution in [3.63, 3.8) is 0 Å². The van der Waals surface area contributed by atoms with Crippen LogP contribution in [0.5, 0.6) is 0 Å². The minimum Gasteiger partial charge on any atom is -0.396 e. The molecule has 3 heterocycles. The first-order valence-electron chi connectivity index (χ1n) is 14.5. The molecule has 8 heteroatoms. The van der Waals surface area contributed by atoms with Gasteiger partial charge in [-0.25, -0.2) is 0 Å². The van der Waals surface area contributed by atoms with E-state index in [4.69, 9.17) is 5.11 Å². The maximum Gasteiger partial charge on any atom is 0.248 e. The average Bonchev–Trinajstić information content (AvgIpc) is 3.50. The Kier molecular flexibility index (Phi) is 8.30. The van der Waals surface area contributed by atoms with Crippen molar-refractivity contribution in [2.75, 3.05) is 18.5 Å². The van der Waals surface area contributed by atoms with Gasteiger partial charge in [0.15, 0.2) is 0 Å². The molecule has 214 valence electrons. The van der Waals surface area contributed by atoms with Crippen LogP contribution in [-0.4, -0.2) is 56.4 Å². The van der Waals surface area contributed by atoms with E-state index in [-0.39, 0.29) is 24.3 Å². The molecule has 7 nitrogen and oxygen atoms in total. The first-order valence-corrected chi connectivity index (χ1v) is 15.3. The summed E-state index contributed by atoms with van der Waals surface area (Å²) in [5.74, 6) is -1.35. The van der Waals surface area contributed by atoms with Gasteiger partial charge in [0.2, 0.25) is 17.7 Å².